The maximum atomic E-state index is 11.0. The number of nitrogen functional groups attached to an aromatic ring is 1. The molecule has 0 fully saturated rings. The molecular formula is C14H17N3O. The van der Waals surface area contributed by atoms with Crippen molar-refractivity contribution in [3.63, 3.8) is 0 Å². The smallest absolute Gasteiger partial charge is 0.132 e. The predicted octanol–water partition coefficient (Wildman–Crippen LogP) is 1.67. The van der Waals surface area contributed by atoms with Crippen LogP contribution in [-0.2, 0) is 18.6 Å². The van der Waals surface area contributed by atoms with Gasteiger partial charge in [-0.15, -0.1) is 0 Å². The van der Waals surface area contributed by atoms with Crippen LogP contribution in [-0.4, -0.2) is 14.9 Å². The molecule has 0 saturated carbocycles. The molecule has 4 heteroatoms. The lowest BCUT2D eigenvalue weighted by Crippen LogP contribution is -2.27. The van der Waals surface area contributed by atoms with E-state index >= 15 is 0 Å². The normalized spacial score (nSPS) is 22.1. The predicted molar refractivity (Wildman–Crippen MR) is 70.1 cm³/mol. The standard InChI is InChI=1S/C14H17N3O/c1-2-17-13(6-8-16-17)14(18)7-5-10-9-11(15)3-4-12(10)14/h3-4,6,8-9,18H,2,5,7,15H2,1H3. The summed E-state index contributed by atoms with van der Waals surface area (Å²) in [6.07, 6.45) is 3.29. The van der Waals surface area contributed by atoms with Gasteiger partial charge < -0.3 is 10.8 Å². The maximum absolute atomic E-state index is 11.0. The molecule has 1 aliphatic carbocycles. The van der Waals surface area contributed by atoms with Crippen LogP contribution in [0.4, 0.5) is 5.69 Å². The Bertz CT molecular complexity index is 590. The fourth-order valence-corrected chi connectivity index (χ4v) is 2.88. The Labute approximate surface area is 106 Å². The van der Waals surface area contributed by atoms with Gasteiger partial charge in [-0.25, -0.2) is 0 Å². The number of nitrogens with two attached hydrogens (primary N) is 1. The topological polar surface area (TPSA) is 64.1 Å². The second-order valence-electron chi connectivity index (χ2n) is 4.81. The van der Waals surface area contributed by atoms with Crippen molar-refractivity contribution in [1.82, 2.24) is 9.78 Å². The number of benzene rings is 1. The van der Waals surface area contributed by atoms with Crippen LogP contribution in [0.2, 0.25) is 0 Å². The molecule has 1 aromatic carbocycles. The number of rotatable bonds is 2. The van der Waals surface area contributed by atoms with E-state index in [9.17, 15) is 5.11 Å². The van der Waals surface area contributed by atoms with Gasteiger partial charge in [0, 0.05) is 18.4 Å². The van der Waals surface area contributed by atoms with Crippen LogP contribution in [0, 0.1) is 0 Å². The lowest BCUT2D eigenvalue weighted by atomic mass is 9.92. The van der Waals surface area contributed by atoms with E-state index in [1.165, 1.54) is 0 Å². The van der Waals surface area contributed by atoms with E-state index in [2.05, 4.69) is 5.10 Å². The van der Waals surface area contributed by atoms with Crippen LogP contribution >= 0.6 is 0 Å². The summed E-state index contributed by atoms with van der Waals surface area (Å²) in [5.74, 6) is 0. The van der Waals surface area contributed by atoms with E-state index in [0.717, 1.165) is 35.5 Å². The summed E-state index contributed by atoms with van der Waals surface area (Å²) in [5, 5.41) is 15.3. The van der Waals surface area contributed by atoms with Crippen LogP contribution in [0.3, 0.4) is 0 Å². The number of aromatic nitrogens is 2. The first-order valence-corrected chi connectivity index (χ1v) is 6.28. The lowest BCUT2D eigenvalue weighted by Gasteiger charge is -2.25. The van der Waals surface area contributed by atoms with Gasteiger partial charge in [-0.2, -0.15) is 5.10 Å². The maximum Gasteiger partial charge on any atom is 0.132 e. The minimum Gasteiger partial charge on any atom is -0.399 e. The van der Waals surface area contributed by atoms with Crippen molar-refractivity contribution in [2.75, 3.05) is 5.73 Å². The molecule has 0 radical (unpaired) electrons. The monoisotopic (exact) mass is 243 g/mol. The minimum absolute atomic E-state index is 0.692. The van der Waals surface area contributed by atoms with Crippen LogP contribution < -0.4 is 5.73 Å². The van der Waals surface area contributed by atoms with E-state index in [1.54, 1.807) is 6.20 Å². The Balaban J connectivity index is 2.14. The lowest BCUT2D eigenvalue weighted by molar-refractivity contribution is 0.0730. The molecule has 1 unspecified atom stereocenters. The SMILES string of the molecule is CCn1nccc1C1(O)CCc2cc(N)ccc21. The fourth-order valence-electron chi connectivity index (χ4n) is 2.88. The average molecular weight is 243 g/mol. The van der Waals surface area contributed by atoms with Crippen LogP contribution in [0.5, 0.6) is 0 Å². The molecule has 4 nitrogen and oxygen atoms in total. The number of aliphatic hydroxyl groups is 1. The van der Waals surface area contributed by atoms with Crippen molar-refractivity contribution < 1.29 is 5.11 Å². The Morgan fingerprint density at radius 3 is 3.06 bits per heavy atom. The summed E-state index contributed by atoms with van der Waals surface area (Å²) < 4.78 is 1.85. The molecule has 0 amide bonds. The second kappa shape index (κ2) is 3.85. The summed E-state index contributed by atoms with van der Waals surface area (Å²) in [7, 11) is 0. The molecule has 1 atom stereocenters. The number of hydrogen-bond acceptors (Lipinski definition) is 3. The Hall–Kier alpha value is -1.81. The van der Waals surface area contributed by atoms with E-state index in [-0.39, 0.29) is 0 Å². The van der Waals surface area contributed by atoms with Gasteiger partial charge >= 0.3 is 0 Å². The first kappa shape index (κ1) is 11.3. The third-order valence-electron chi connectivity index (χ3n) is 3.77. The highest BCUT2D eigenvalue weighted by Gasteiger charge is 2.40. The third kappa shape index (κ3) is 1.46. The van der Waals surface area contributed by atoms with E-state index in [4.69, 9.17) is 5.73 Å². The Kier molecular flexibility index (Phi) is 2.41. The summed E-state index contributed by atoms with van der Waals surface area (Å²) in [6, 6.07) is 7.64. The quantitative estimate of drug-likeness (QED) is 0.789. The Morgan fingerprint density at radius 2 is 2.28 bits per heavy atom. The van der Waals surface area contributed by atoms with Crippen molar-refractivity contribution >= 4 is 5.69 Å². The fraction of sp³-hybridized carbons (Fsp3) is 0.357. The molecule has 1 heterocycles. The van der Waals surface area contributed by atoms with Crippen molar-refractivity contribution in [3.05, 3.63) is 47.3 Å². The van der Waals surface area contributed by atoms with Crippen molar-refractivity contribution in [1.29, 1.82) is 0 Å². The molecule has 1 aliphatic rings. The third-order valence-corrected chi connectivity index (χ3v) is 3.77. The van der Waals surface area contributed by atoms with E-state index in [1.807, 2.05) is 35.9 Å². The summed E-state index contributed by atoms with van der Waals surface area (Å²) in [5.41, 5.74) is 8.60. The van der Waals surface area contributed by atoms with Crippen molar-refractivity contribution in [2.24, 2.45) is 0 Å². The van der Waals surface area contributed by atoms with Gasteiger partial charge in [-0.3, -0.25) is 4.68 Å². The average Bonchev–Trinajstić information content (AvgIpc) is 2.95. The molecule has 0 saturated heterocycles. The first-order chi connectivity index (χ1) is 8.65. The molecule has 94 valence electrons. The molecule has 0 spiro atoms. The molecule has 3 rings (SSSR count). The van der Waals surface area contributed by atoms with E-state index < -0.39 is 5.60 Å². The number of hydrogen-bond donors (Lipinski definition) is 2. The molecular weight excluding hydrogens is 226 g/mol. The summed E-state index contributed by atoms with van der Waals surface area (Å²) in [4.78, 5) is 0. The van der Waals surface area contributed by atoms with Crippen molar-refractivity contribution in [2.45, 2.75) is 31.9 Å². The van der Waals surface area contributed by atoms with Gasteiger partial charge in [-0.1, -0.05) is 6.07 Å². The zero-order valence-corrected chi connectivity index (χ0v) is 10.4. The zero-order valence-electron chi connectivity index (χ0n) is 10.4. The molecule has 18 heavy (non-hydrogen) atoms. The minimum atomic E-state index is -0.921. The van der Waals surface area contributed by atoms with Gasteiger partial charge in [0.1, 0.15) is 5.60 Å². The zero-order chi connectivity index (χ0) is 12.8. The number of anilines is 1. The van der Waals surface area contributed by atoms with Gasteiger partial charge in [0.15, 0.2) is 0 Å². The highest BCUT2D eigenvalue weighted by Crippen LogP contribution is 2.42. The number of nitrogens with zero attached hydrogens (tertiary/aromatic N) is 2. The molecule has 1 aromatic heterocycles. The largest absolute Gasteiger partial charge is 0.399 e. The number of fused-ring (bicyclic) bond motifs is 1. The van der Waals surface area contributed by atoms with Gasteiger partial charge in [0.05, 0.1) is 5.69 Å². The summed E-state index contributed by atoms with van der Waals surface area (Å²) in [6.45, 7) is 2.79. The van der Waals surface area contributed by atoms with Gasteiger partial charge in [-0.05, 0) is 49.1 Å². The Morgan fingerprint density at radius 1 is 1.44 bits per heavy atom. The van der Waals surface area contributed by atoms with Crippen LogP contribution in [0.25, 0.3) is 0 Å². The van der Waals surface area contributed by atoms with E-state index in [0.29, 0.717) is 6.42 Å². The number of aryl methyl sites for hydroxylation is 2. The van der Waals surface area contributed by atoms with Crippen LogP contribution in [0.15, 0.2) is 30.5 Å². The molecule has 0 bridgehead atoms. The molecule has 3 N–H and O–H groups in total. The van der Waals surface area contributed by atoms with Gasteiger partial charge in [0.2, 0.25) is 0 Å². The molecule has 0 aliphatic heterocycles. The summed E-state index contributed by atoms with van der Waals surface area (Å²) >= 11 is 0. The highest BCUT2D eigenvalue weighted by atomic mass is 16.3. The van der Waals surface area contributed by atoms with Crippen LogP contribution in [0.1, 0.15) is 30.2 Å². The highest BCUT2D eigenvalue weighted by molar-refractivity contribution is 5.51. The van der Waals surface area contributed by atoms with Crippen molar-refractivity contribution in [3.8, 4) is 0 Å². The molecule has 2 aromatic rings. The first-order valence-electron chi connectivity index (χ1n) is 6.28. The second-order valence-corrected chi connectivity index (χ2v) is 4.81. The van der Waals surface area contributed by atoms with Gasteiger partial charge in [0.25, 0.3) is 0 Å².